The van der Waals surface area contributed by atoms with Crippen LogP contribution in [0.2, 0.25) is 0 Å². The highest BCUT2D eigenvalue weighted by molar-refractivity contribution is 5.77. The van der Waals surface area contributed by atoms with E-state index in [0.29, 0.717) is 26.3 Å². The predicted octanol–water partition coefficient (Wildman–Crippen LogP) is 0.162. The maximum absolute atomic E-state index is 12.3. The zero-order valence-corrected chi connectivity index (χ0v) is 15.1. The monoisotopic (exact) mass is 367 g/mol. The number of ether oxygens (including phenoxy) is 2. The van der Waals surface area contributed by atoms with E-state index in [0.717, 1.165) is 25.7 Å². The van der Waals surface area contributed by atoms with Crippen molar-refractivity contribution in [3.63, 3.8) is 0 Å². The molecule has 1 saturated carbocycles. The van der Waals surface area contributed by atoms with Crippen LogP contribution in [0.15, 0.2) is 12.2 Å². The van der Waals surface area contributed by atoms with Crippen LogP contribution in [-0.4, -0.2) is 79.1 Å². The molecular formula is C18H29N3O5. The Kier molecular flexibility index (Phi) is 6.87. The van der Waals surface area contributed by atoms with Crippen LogP contribution >= 0.6 is 0 Å². The zero-order valence-electron chi connectivity index (χ0n) is 15.1. The minimum absolute atomic E-state index is 0.0185. The van der Waals surface area contributed by atoms with Crippen LogP contribution in [-0.2, 0) is 14.3 Å². The lowest BCUT2D eigenvalue weighted by Crippen LogP contribution is -2.53. The van der Waals surface area contributed by atoms with E-state index in [4.69, 9.17) is 9.47 Å². The third-order valence-electron chi connectivity index (χ3n) is 5.19. The van der Waals surface area contributed by atoms with Gasteiger partial charge in [-0.2, -0.15) is 0 Å². The Labute approximate surface area is 153 Å². The van der Waals surface area contributed by atoms with E-state index < -0.39 is 18.2 Å². The second-order valence-corrected chi connectivity index (χ2v) is 7.10. The van der Waals surface area contributed by atoms with Gasteiger partial charge in [-0.05, 0) is 12.8 Å². The molecule has 0 radical (unpaired) electrons. The van der Waals surface area contributed by atoms with Gasteiger partial charge in [0.25, 0.3) is 0 Å². The Balaban J connectivity index is 1.49. The molecule has 8 heteroatoms. The summed E-state index contributed by atoms with van der Waals surface area (Å²) >= 11 is 0. The molecule has 3 atom stereocenters. The maximum Gasteiger partial charge on any atom is 0.315 e. The summed E-state index contributed by atoms with van der Waals surface area (Å²) in [5.74, 6) is 0.0185. The molecule has 0 unspecified atom stereocenters. The van der Waals surface area contributed by atoms with Crippen molar-refractivity contribution in [2.24, 2.45) is 0 Å². The standard InChI is InChI=1S/C18H29N3O5/c22-12-16-15(20-18(24)19-13-3-1-2-4-13)6-5-14(26-16)11-17(23)21-7-9-25-10-8-21/h5-6,13-16,22H,1-4,7-12H2,(H2,19,20,24)/t14-,15-,16+/m0/s1. The van der Waals surface area contributed by atoms with Crippen molar-refractivity contribution in [1.29, 1.82) is 0 Å². The van der Waals surface area contributed by atoms with Crippen LogP contribution in [0.3, 0.4) is 0 Å². The van der Waals surface area contributed by atoms with E-state index in [1.54, 1.807) is 11.0 Å². The lowest BCUT2D eigenvalue weighted by atomic mass is 10.0. The number of nitrogens with zero attached hydrogens (tertiary/aromatic N) is 1. The fourth-order valence-corrected chi connectivity index (χ4v) is 3.70. The average Bonchev–Trinajstić information content (AvgIpc) is 3.16. The number of carbonyl (C=O) groups is 2. The van der Waals surface area contributed by atoms with Crippen molar-refractivity contribution in [2.75, 3.05) is 32.9 Å². The van der Waals surface area contributed by atoms with Gasteiger partial charge in [-0.15, -0.1) is 0 Å². The van der Waals surface area contributed by atoms with Gasteiger partial charge in [-0.3, -0.25) is 4.79 Å². The molecule has 8 nitrogen and oxygen atoms in total. The summed E-state index contributed by atoms with van der Waals surface area (Å²) in [6.45, 7) is 2.11. The van der Waals surface area contributed by atoms with Crippen LogP contribution in [0.5, 0.6) is 0 Å². The molecule has 3 rings (SSSR count). The average molecular weight is 367 g/mol. The van der Waals surface area contributed by atoms with E-state index in [2.05, 4.69) is 10.6 Å². The molecule has 0 bridgehead atoms. The van der Waals surface area contributed by atoms with Gasteiger partial charge in [0.05, 0.1) is 38.4 Å². The Hall–Kier alpha value is -1.64. The zero-order chi connectivity index (χ0) is 18.4. The van der Waals surface area contributed by atoms with Gasteiger partial charge in [-0.1, -0.05) is 25.0 Å². The summed E-state index contributed by atoms with van der Waals surface area (Å²) in [5.41, 5.74) is 0. The molecule has 1 aliphatic carbocycles. The largest absolute Gasteiger partial charge is 0.394 e. The van der Waals surface area contributed by atoms with Crippen LogP contribution in [0, 0.1) is 0 Å². The first-order chi connectivity index (χ1) is 12.7. The van der Waals surface area contributed by atoms with E-state index in [9.17, 15) is 14.7 Å². The number of aliphatic hydroxyl groups excluding tert-OH is 1. The van der Waals surface area contributed by atoms with Gasteiger partial charge in [0, 0.05) is 19.1 Å². The molecule has 2 heterocycles. The van der Waals surface area contributed by atoms with Gasteiger partial charge in [0.15, 0.2) is 0 Å². The molecule has 26 heavy (non-hydrogen) atoms. The minimum atomic E-state index is -0.559. The Morgan fingerprint density at radius 2 is 1.85 bits per heavy atom. The highest BCUT2D eigenvalue weighted by Gasteiger charge is 2.30. The van der Waals surface area contributed by atoms with Crippen molar-refractivity contribution >= 4 is 11.9 Å². The fraction of sp³-hybridized carbons (Fsp3) is 0.778. The normalized spacial score (nSPS) is 29.6. The van der Waals surface area contributed by atoms with Crippen molar-refractivity contribution in [2.45, 2.75) is 56.4 Å². The smallest absolute Gasteiger partial charge is 0.315 e. The lowest BCUT2D eigenvalue weighted by Gasteiger charge is -2.33. The van der Waals surface area contributed by atoms with Crippen molar-refractivity contribution in [3.05, 3.63) is 12.2 Å². The van der Waals surface area contributed by atoms with E-state index in [1.165, 1.54) is 0 Å². The first kappa shape index (κ1) is 19.1. The molecule has 0 spiro atoms. The van der Waals surface area contributed by atoms with E-state index in [-0.39, 0.29) is 31.0 Å². The van der Waals surface area contributed by atoms with E-state index in [1.807, 2.05) is 6.08 Å². The third-order valence-corrected chi connectivity index (χ3v) is 5.19. The summed E-state index contributed by atoms with van der Waals surface area (Å²) in [6.07, 6.45) is 7.22. The maximum atomic E-state index is 12.3. The highest BCUT2D eigenvalue weighted by atomic mass is 16.5. The highest BCUT2D eigenvalue weighted by Crippen LogP contribution is 2.19. The number of nitrogens with one attached hydrogen (secondary N) is 2. The molecule has 0 aromatic heterocycles. The third kappa shape index (κ3) is 5.18. The van der Waals surface area contributed by atoms with Gasteiger partial charge in [0.1, 0.15) is 6.10 Å². The Bertz CT molecular complexity index is 515. The SMILES string of the molecule is O=C(NC1CCCC1)N[C@H]1C=C[C@@H](CC(=O)N2CCOCC2)O[C@@H]1CO. The molecule has 3 amide bonds. The molecule has 2 aliphatic heterocycles. The number of hydrogen-bond acceptors (Lipinski definition) is 5. The van der Waals surface area contributed by atoms with Gasteiger partial charge >= 0.3 is 6.03 Å². The molecule has 0 aromatic rings. The number of carbonyl (C=O) groups excluding carboxylic acids is 2. The number of morpholine rings is 1. The molecule has 2 fully saturated rings. The Morgan fingerprint density at radius 3 is 2.54 bits per heavy atom. The predicted molar refractivity (Wildman–Crippen MR) is 94.6 cm³/mol. The summed E-state index contributed by atoms with van der Waals surface area (Å²) in [7, 11) is 0. The van der Waals surface area contributed by atoms with Crippen LogP contribution in [0.4, 0.5) is 4.79 Å². The van der Waals surface area contributed by atoms with Crippen LogP contribution in [0.25, 0.3) is 0 Å². The first-order valence-electron chi connectivity index (χ1n) is 9.53. The van der Waals surface area contributed by atoms with Crippen molar-refractivity contribution in [1.82, 2.24) is 15.5 Å². The second-order valence-electron chi connectivity index (χ2n) is 7.10. The molecule has 0 aromatic carbocycles. The fourth-order valence-electron chi connectivity index (χ4n) is 3.70. The van der Waals surface area contributed by atoms with Crippen LogP contribution < -0.4 is 10.6 Å². The molecule has 3 N–H and O–H groups in total. The number of amides is 3. The molecular weight excluding hydrogens is 338 g/mol. The topological polar surface area (TPSA) is 100 Å². The summed E-state index contributed by atoms with van der Waals surface area (Å²) in [4.78, 5) is 26.2. The van der Waals surface area contributed by atoms with Gasteiger partial charge < -0.3 is 30.1 Å². The summed E-state index contributed by atoms with van der Waals surface area (Å²) < 4.78 is 11.1. The van der Waals surface area contributed by atoms with Gasteiger partial charge in [-0.25, -0.2) is 4.79 Å². The first-order valence-corrected chi connectivity index (χ1v) is 9.53. The van der Waals surface area contributed by atoms with E-state index >= 15 is 0 Å². The summed E-state index contributed by atoms with van der Waals surface area (Å²) in [6, 6.07) is -0.414. The summed E-state index contributed by atoms with van der Waals surface area (Å²) in [5, 5.41) is 15.4. The Morgan fingerprint density at radius 1 is 1.12 bits per heavy atom. The van der Waals surface area contributed by atoms with Crippen molar-refractivity contribution in [3.8, 4) is 0 Å². The van der Waals surface area contributed by atoms with Crippen LogP contribution in [0.1, 0.15) is 32.1 Å². The number of urea groups is 1. The minimum Gasteiger partial charge on any atom is -0.394 e. The number of aliphatic hydroxyl groups is 1. The van der Waals surface area contributed by atoms with Gasteiger partial charge in [0.2, 0.25) is 5.91 Å². The van der Waals surface area contributed by atoms with Crippen molar-refractivity contribution < 1.29 is 24.2 Å². The lowest BCUT2D eigenvalue weighted by molar-refractivity contribution is -0.139. The number of rotatable bonds is 5. The quantitative estimate of drug-likeness (QED) is 0.601. The molecule has 146 valence electrons. The second kappa shape index (κ2) is 9.34. The molecule has 3 aliphatic rings. The molecule has 1 saturated heterocycles. The number of hydrogen-bond donors (Lipinski definition) is 3.